The Labute approximate surface area is 124 Å². The number of imidazole rings is 1. The zero-order valence-electron chi connectivity index (χ0n) is 9.62. The van der Waals surface area contributed by atoms with Crippen LogP contribution in [0, 0.1) is 0 Å². The van der Waals surface area contributed by atoms with Crippen molar-refractivity contribution < 1.29 is 0 Å². The largest absolute Gasteiger partial charge is 0.340 e. The third-order valence-corrected chi connectivity index (χ3v) is 3.60. The molecule has 3 nitrogen and oxygen atoms in total. The molecule has 0 atom stereocenters. The van der Waals surface area contributed by atoms with Crippen molar-refractivity contribution >= 4 is 46.0 Å². The standard InChI is InChI=1S/C13H8Cl3N3/c14-8-3-1-2-7(4-8)5-11-17-10-6-9(15)12(16)19-13(10)18-11/h1-4,6H,5H2,(H,17,18,19). The van der Waals surface area contributed by atoms with E-state index in [0.717, 1.165) is 16.9 Å². The summed E-state index contributed by atoms with van der Waals surface area (Å²) in [4.78, 5) is 11.7. The molecule has 19 heavy (non-hydrogen) atoms. The third kappa shape index (κ3) is 2.68. The molecule has 0 aliphatic carbocycles. The molecule has 1 N–H and O–H groups in total. The summed E-state index contributed by atoms with van der Waals surface area (Å²) in [7, 11) is 0. The topological polar surface area (TPSA) is 41.6 Å². The molecule has 0 fully saturated rings. The number of nitrogens with one attached hydrogen (secondary N) is 1. The van der Waals surface area contributed by atoms with Crippen LogP contribution in [0.15, 0.2) is 30.3 Å². The number of pyridine rings is 1. The van der Waals surface area contributed by atoms with Crippen LogP contribution >= 0.6 is 34.8 Å². The van der Waals surface area contributed by atoms with E-state index in [0.29, 0.717) is 22.1 Å². The number of hydrogen-bond donors (Lipinski definition) is 1. The van der Waals surface area contributed by atoms with Crippen molar-refractivity contribution in [2.75, 3.05) is 0 Å². The molecule has 3 rings (SSSR count). The number of benzene rings is 1. The number of hydrogen-bond acceptors (Lipinski definition) is 2. The Morgan fingerprint density at radius 1 is 1.05 bits per heavy atom. The maximum Gasteiger partial charge on any atom is 0.179 e. The van der Waals surface area contributed by atoms with Crippen molar-refractivity contribution in [3.8, 4) is 0 Å². The van der Waals surface area contributed by atoms with Crippen molar-refractivity contribution in [1.82, 2.24) is 15.0 Å². The van der Waals surface area contributed by atoms with Crippen LogP contribution < -0.4 is 0 Å². The van der Waals surface area contributed by atoms with Crippen LogP contribution in [0.4, 0.5) is 0 Å². The molecule has 0 saturated heterocycles. The first-order valence-corrected chi connectivity index (χ1v) is 6.70. The Hall–Kier alpha value is -1.29. The predicted octanol–water partition coefficient (Wildman–Crippen LogP) is 4.51. The van der Waals surface area contributed by atoms with E-state index in [4.69, 9.17) is 34.8 Å². The monoisotopic (exact) mass is 311 g/mol. The smallest absolute Gasteiger partial charge is 0.179 e. The van der Waals surface area contributed by atoms with E-state index in [1.54, 1.807) is 6.07 Å². The van der Waals surface area contributed by atoms with Gasteiger partial charge in [0.1, 0.15) is 11.0 Å². The van der Waals surface area contributed by atoms with E-state index in [1.807, 2.05) is 24.3 Å². The number of rotatable bonds is 2. The van der Waals surface area contributed by atoms with E-state index in [1.165, 1.54) is 0 Å². The summed E-state index contributed by atoms with van der Waals surface area (Å²) in [5, 5.41) is 1.37. The van der Waals surface area contributed by atoms with Crippen molar-refractivity contribution in [1.29, 1.82) is 0 Å². The lowest BCUT2D eigenvalue weighted by Gasteiger charge is -1.98. The van der Waals surface area contributed by atoms with Gasteiger partial charge < -0.3 is 4.98 Å². The molecule has 0 aliphatic heterocycles. The van der Waals surface area contributed by atoms with Crippen LogP contribution in [-0.2, 0) is 6.42 Å². The Morgan fingerprint density at radius 2 is 1.89 bits per heavy atom. The lowest BCUT2D eigenvalue weighted by Crippen LogP contribution is -1.90. The molecule has 0 aliphatic rings. The minimum absolute atomic E-state index is 0.259. The second-order valence-electron chi connectivity index (χ2n) is 4.12. The molecule has 3 aromatic rings. The summed E-state index contributed by atoms with van der Waals surface area (Å²) in [5.74, 6) is 0.795. The highest BCUT2D eigenvalue weighted by molar-refractivity contribution is 6.41. The summed E-state index contributed by atoms with van der Waals surface area (Å²) in [6, 6.07) is 9.37. The van der Waals surface area contributed by atoms with Gasteiger partial charge in [0, 0.05) is 11.4 Å². The minimum atomic E-state index is 0.259. The number of aromatic amines is 1. The second kappa shape index (κ2) is 5.00. The molecule has 0 amide bonds. The molecular formula is C13H8Cl3N3. The van der Waals surface area contributed by atoms with Crippen molar-refractivity contribution in [3.05, 3.63) is 56.9 Å². The van der Waals surface area contributed by atoms with Gasteiger partial charge in [-0.1, -0.05) is 46.9 Å². The van der Waals surface area contributed by atoms with E-state index >= 15 is 0 Å². The fourth-order valence-corrected chi connectivity index (χ4v) is 2.37. The van der Waals surface area contributed by atoms with Crippen LogP contribution in [0.1, 0.15) is 11.4 Å². The van der Waals surface area contributed by atoms with Crippen molar-refractivity contribution in [2.45, 2.75) is 6.42 Å². The molecule has 2 aromatic heterocycles. The summed E-state index contributed by atoms with van der Waals surface area (Å²) < 4.78 is 0. The van der Waals surface area contributed by atoms with Crippen LogP contribution in [-0.4, -0.2) is 15.0 Å². The Morgan fingerprint density at radius 3 is 2.68 bits per heavy atom. The fraction of sp³-hybridized carbons (Fsp3) is 0.0769. The molecule has 0 radical (unpaired) electrons. The highest BCUT2D eigenvalue weighted by Crippen LogP contribution is 2.24. The van der Waals surface area contributed by atoms with Gasteiger partial charge in [-0.15, -0.1) is 0 Å². The van der Waals surface area contributed by atoms with Gasteiger partial charge in [-0.25, -0.2) is 9.97 Å². The molecule has 0 saturated carbocycles. The van der Waals surface area contributed by atoms with Gasteiger partial charge in [0.05, 0.1) is 10.5 Å². The maximum absolute atomic E-state index is 5.95. The van der Waals surface area contributed by atoms with Crippen LogP contribution in [0.3, 0.4) is 0 Å². The van der Waals surface area contributed by atoms with Gasteiger partial charge in [0.15, 0.2) is 5.65 Å². The highest BCUT2D eigenvalue weighted by Gasteiger charge is 2.08. The summed E-state index contributed by atoms with van der Waals surface area (Å²) in [6.45, 7) is 0. The van der Waals surface area contributed by atoms with Gasteiger partial charge in [-0.2, -0.15) is 0 Å². The maximum atomic E-state index is 5.95. The number of halogens is 3. The average Bonchev–Trinajstić information content (AvgIpc) is 2.71. The highest BCUT2D eigenvalue weighted by atomic mass is 35.5. The molecule has 2 heterocycles. The van der Waals surface area contributed by atoms with Crippen LogP contribution in [0.5, 0.6) is 0 Å². The average molecular weight is 313 g/mol. The molecule has 1 aromatic carbocycles. The summed E-state index contributed by atoms with van der Waals surface area (Å²) >= 11 is 17.7. The Bertz CT molecular complexity index is 713. The van der Waals surface area contributed by atoms with Gasteiger partial charge >= 0.3 is 0 Å². The molecule has 96 valence electrons. The summed E-state index contributed by atoms with van der Waals surface area (Å²) in [5.41, 5.74) is 2.40. The number of fused-ring (bicyclic) bond motifs is 1. The van der Waals surface area contributed by atoms with E-state index in [-0.39, 0.29) is 5.15 Å². The third-order valence-electron chi connectivity index (χ3n) is 2.69. The molecule has 6 heteroatoms. The second-order valence-corrected chi connectivity index (χ2v) is 5.32. The number of nitrogens with zero attached hydrogens (tertiary/aromatic N) is 2. The Kier molecular flexibility index (Phi) is 3.35. The Balaban J connectivity index is 1.97. The van der Waals surface area contributed by atoms with E-state index in [2.05, 4.69) is 15.0 Å². The van der Waals surface area contributed by atoms with Crippen LogP contribution in [0.25, 0.3) is 11.2 Å². The van der Waals surface area contributed by atoms with Crippen molar-refractivity contribution in [3.63, 3.8) is 0 Å². The van der Waals surface area contributed by atoms with Gasteiger partial charge in [-0.05, 0) is 23.8 Å². The first-order chi connectivity index (χ1) is 9.11. The fourth-order valence-electron chi connectivity index (χ4n) is 1.87. The molecule has 0 spiro atoms. The first-order valence-electron chi connectivity index (χ1n) is 5.57. The van der Waals surface area contributed by atoms with Crippen LogP contribution in [0.2, 0.25) is 15.2 Å². The zero-order chi connectivity index (χ0) is 13.4. The SMILES string of the molecule is Clc1cccc(Cc2nc3nc(Cl)c(Cl)cc3[nH]2)c1. The van der Waals surface area contributed by atoms with Crippen molar-refractivity contribution in [2.24, 2.45) is 0 Å². The molecule has 0 bridgehead atoms. The molecular weight excluding hydrogens is 305 g/mol. The number of aromatic nitrogens is 3. The van der Waals surface area contributed by atoms with Gasteiger partial charge in [0.25, 0.3) is 0 Å². The predicted molar refractivity (Wildman–Crippen MR) is 78.2 cm³/mol. The van der Waals surface area contributed by atoms with E-state index < -0.39 is 0 Å². The van der Waals surface area contributed by atoms with Gasteiger partial charge in [-0.3, -0.25) is 0 Å². The first kappa shape index (κ1) is 12.7. The van der Waals surface area contributed by atoms with Gasteiger partial charge in [0.2, 0.25) is 0 Å². The van der Waals surface area contributed by atoms with E-state index in [9.17, 15) is 0 Å². The summed E-state index contributed by atoms with van der Waals surface area (Å²) in [6.07, 6.45) is 0.645. The number of H-pyrrole nitrogens is 1. The lowest BCUT2D eigenvalue weighted by atomic mass is 10.1. The zero-order valence-corrected chi connectivity index (χ0v) is 11.9. The lowest BCUT2D eigenvalue weighted by molar-refractivity contribution is 1.03. The molecule has 0 unspecified atom stereocenters. The minimum Gasteiger partial charge on any atom is -0.340 e. The quantitative estimate of drug-likeness (QED) is 0.707. The normalized spacial score (nSPS) is 11.1.